The van der Waals surface area contributed by atoms with E-state index in [1.54, 1.807) is 7.05 Å². The number of hydrogen-bond acceptors (Lipinski definition) is 7. The van der Waals surface area contributed by atoms with Gasteiger partial charge < -0.3 is 4.57 Å². The van der Waals surface area contributed by atoms with Crippen molar-refractivity contribution in [2.75, 3.05) is 5.75 Å². The molecule has 4 aromatic heterocycles. The van der Waals surface area contributed by atoms with Gasteiger partial charge in [-0.1, -0.05) is 13.8 Å². The van der Waals surface area contributed by atoms with Crippen molar-refractivity contribution in [3.8, 4) is 22.9 Å². The lowest BCUT2D eigenvalue weighted by molar-refractivity contribution is -0.141. The SMILES string of the molecule is CCS(=O)(=O)c1cc(-c2nc(C)cc(C3CC3C)n2)cnc1-c1nc2cc(C(F)(F)F)ncc2n1C. The van der Waals surface area contributed by atoms with E-state index in [9.17, 15) is 21.6 Å². The maximum atomic E-state index is 13.1. The third kappa shape index (κ3) is 4.23. The highest BCUT2D eigenvalue weighted by Gasteiger charge is 2.36. The lowest BCUT2D eigenvalue weighted by Gasteiger charge is -2.12. The zero-order valence-electron chi connectivity index (χ0n) is 20.0. The molecule has 0 N–H and O–H groups in total. The van der Waals surface area contributed by atoms with Crippen LogP contribution < -0.4 is 0 Å². The Bertz CT molecular complexity index is 1610. The van der Waals surface area contributed by atoms with E-state index in [0.29, 0.717) is 28.7 Å². The van der Waals surface area contributed by atoms with Crippen LogP contribution in [0.15, 0.2) is 35.5 Å². The molecular weight excluding hydrogens is 493 g/mol. The fourth-order valence-electron chi connectivity index (χ4n) is 4.23. The summed E-state index contributed by atoms with van der Waals surface area (Å²) in [6.07, 6.45) is -1.05. The van der Waals surface area contributed by atoms with E-state index in [-0.39, 0.29) is 27.7 Å². The molecule has 2 atom stereocenters. The van der Waals surface area contributed by atoms with Crippen LogP contribution in [0.5, 0.6) is 0 Å². The third-order valence-electron chi connectivity index (χ3n) is 6.46. The first-order chi connectivity index (χ1) is 16.9. The highest BCUT2D eigenvalue weighted by atomic mass is 32.2. The number of halogens is 3. The monoisotopic (exact) mass is 516 g/mol. The number of fused-ring (bicyclic) bond motifs is 1. The van der Waals surface area contributed by atoms with Gasteiger partial charge in [0.2, 0.25) is 0 Å². The number of aromatic nitrogens is 6. The van der Waals surface area contributed by atoms with Crippen LogP contribution in [0.2, 0.25) is 0 Å². The highest BCUT2D eigenvalue weighted by Crippen LogP contribution is 2.46. The van der Waals surface area contributed by atoms with E-state index in [2.05, 4.69) is 31.8 Å². The fraction of sp³-hybridized carbons (Fsp3) is 0.375. The van der Waals surface area contributed by atoms with Crippen molar-refractivity contribution in [1.29, 1.82) is 0 Å². The van der Waals surface area contributed by atoms with Gasteiger partial charge in [-0.05, 0) is 37.5 Å². The number of hydrogen-bond donors (Lipinski definition) is 0. The number of alkyl halides is 3. The fourth-order valence-corrected chi connectivity index (χ4v) is 5.29. The number of nitrogens with zero attached hydrogens (tertiary/aromatic N) is 6. The minimum absolute atomic E-state index is 0.0331. The maximum absolute atomic E-state index is 13.1. The first-order valence-electron chi connectivity index (χ1n) is 11.4. The quantitative estimate of drug-likeness (QED) is 0.378. The maximum Gasteiger partial charge on any atom is 0.433 e. The molecule has 0 spiro atoms. The van der Waals surface area contributed by atoms with Crippen LogP contribution in [0.4, 0.5) is 13.2 Å². The van der Waals surface area contributed by atoms with E-state index in [0.717, 1.165) is 30.1 Å². The van der Waals surface area contributed by atoms with E-state index in [1.165, 1.54) is 23.8 Å². The summed E-state index contributed by atoms with van der Waals surface area (Å²) in [5.74, 6) is 1.18. The number of rotatable bonds is 5. The third-order valence-corrected chi connectivity index (χ3v) is 8.20. The van der Waals surface area contributed by atoms with Crippen molar-refractivity contribution >= 4 is 20.9 Å². The summed E-state index contributed by atoms with van der Waals surface area (Å²) in [6, 6.07) is 4.24. The van der Waals surface area contributed by atoms with E-state index in [4.69, 9.17) is 0 Å². The molecule has 36 heavy (non-hydrogen) atoms. The van der Waals surface area contributed by atoms with E-state index < -0.39 is 21.7 Å². The van der Waals surface area contributed by atoms with Gasteiger partial charge in [-0.2, -0.15) is 13.2 Å². The first-order valence-corrected chi connectivity index (χ1v) is 13.0. The average molecular weight is 517 g/mol. The number of pyridine rings is 2. The molecule has 5 rings (SSSR count). The van der Waals surface area contributed by atoms with Crippen molar-refractivity contribution in [2.45, 2.75) is 44.2 Å². The average Bonchev–Trinajstić information content (AvgIpc) is 3.48. The molecule has 8 nitrogen and oxygen atoms in total. The summed E-state index contributed by atoms with van der Waals surface area (Å²) in [4.78, 5) is 21.3. The standard InChI is InChI=1S/C24H23F3N6O2S/c1-5-36(34,35)19-8-14(22-30-13(3)7-16(31-22)15-6-12(15)2)10-29-21(19)23-32-17-9-20(24(25,26)27)28-11-18(17)33(23)4/h7-12,15H,5-6H2,1-4H3. The molecule has 1 fully saturated rings. The molecular formula is C24H23F3N6O2S. The molecule has 12 heteroatoms. The van der Waals surface area contributed by atoms with Crippen LogP contribution in [-0.4, -0.2) is 43.7 Å². The van der Waals surface area contributed by atoms with Crippen molar-refractivity contribution in [1.82, 2.24) is 29.5 Å². The van der Waals surface area contributed by atoms with Gasteiger partial charge in [-0.25, -0.2) is 28.4 Å². The minimum Gasteiger partial charge on any atom is -0.324 e. The topological polar surface area (TPSA) is 104 Å². The summed E-state index contributed by atoms with van der Waals surface area (Å²) in [7, 11) is -2.22. The molecule has 0 bridgehead atoms. The summed E-state index contributed by atoms with van der Waals surface area (Å²) >= 11 is 0. The lowest BCUT2D eigenvalue weighted by Crippen LogP contribution is -2.09. The van der Waals surface area contributed by atoms with Gasteiger partial charge in [0.15, 0.2) is 21.5 Å². The number of aryl methyl sites for hydroxylation is 2. The Hall–Kier alpha value is -3.41. The van der Waals surface area contributed by atoms with Crippen LogP contribution in [0.25, 0.3) is 33.9 Å². The van der Waals surface area contributed by atoms with Gasteiger partial charge in [0, 0.05) is 36.1 Å². The zero-order valence-corrected chi connectivity index (χ0v) is 20.8. The van der Waals surface area contributed by atoms with Crippen LogP contribution >= 0.6 is 0 Å². The van der Waals surface area contributed by atoms with Crippen molar-refractivity contribution in [3.05, 3.63) is 47.7 Å². The van der Waals surface area contributed by atoms with E-state index in [1.807, 2.05) is 13.0 Å². The van der Waals surface area contributed by atoms with Crippen LogP contribution in [0, 0.1) is 12.8 Å². The molecule has 0 aliphatic heterocycles. The summed E-state index contributed by atoms with van der Waals surface area (Å²) < 4.78 is 67.1. The summed E-state index contributed by atoms with van der Waals surface area (Å²) in [5.41, 5.74) is 1.42. The van der Waals surface area contributed by atoms with Gasteiger partial charge in [-0.15, -0.1) is 0 Å². The van der Waals surface area contributed by atoms with Crippen LogP contribution in [-0.2, 0) is 23.1 Å². The predicted molar refractivity (Wildman–Crippen MR) is 127 cm³/mol. The zero-order chi connectivity index (χ0) is 26.0. The van der Waals surface area contributed by atoms with Gasteiger partial charge in [0.1, 0.15) is 11.4 Å². The van der Waals surface area contributed by atoms with Gasteiger partial charge in [-0.3, -0.25) is 4.98 Å². The molecule has 2 unspecified atom stereocenters. The predicted octanol–water partition coefficient (Wildman–Crippen LogP) is 4.73. The minimum atomic E-state index is -4.63. The lowest BCUT2D eigenvalue weighted by atomic mass is 10.2. The van der Waals surface area contributed by atoms with E-state index >= 15 is 0 Å². The molecule has 0 radical (unpaired) electrons. The second kappa shape index (κ2) is 8.32. The summed E-state index contributed by atoms with van der Waals surface area (Å²) in [5, 5.41) is 0. The molecule has 0 amide bonds. The van der Waals surface area contributed by atoms with Gasteiger partial charge in [0.05, 0.1) is 27.9 Å². The number of sulfone groups is 1. The molecule has 4 heterocycles. The van der Waals surface area contributed by atoms with Crippen molar-refractivity contribution < 1.29 is 21.6 Å². The largest absolute Gasteiger partial charge is 0.433 e. The Labute approximate surface area is 205 Å². The van der Waals surface area contributed by atoms with Crippen molar-refractivity contribution in [3.63, 3.8) is 0 Å². The molecule has 188 valence electrons. The highest BCUT2D eigenvalue weighted by molar-refractivity contribution is 7.91. The Morgan fingerprint density at radius 2 is 1.81 bits per heavy atom. The Morgan fingerprint density at radius 1 is 1.08 bits per heavy atom. The Balaban J connectivity index is 1.68. The van der Waals surface area contributed by atoms with Crippen LogP contribution in [0.3, 0.4) is 0 Å². The first kappa shape index (κ1) is 24.3. The molecule has 0 aromatic carbocycles. The number of imidazole rings is 1. The molecule has 1 aliphatic carbocycles. The Kier molecular flexibility index (Phi) is 5.62. The normalized spacial score (nSPS) is 18.1. The second-order valence-corrected chi connectivity index (χ2v) is 11.3. The molecule has 1 aliphatic rings. The van der Waals surface area contributed by atoms with Crippen LogP contribution in [0.1, 0.15) is 43.3 Å². The van der Waals surface area contributed by atoms with Gasteiger partial charge in [0.25, 0.3) is 0 Å². The summed E-state index contributed by atoms with van der Waals surface area (Å²) in [6.45, 7) is 5.51. The second-order valence-electron chi connectivity index (χ2n) is 9.10. The van der Waals surface area contributed by atoms with Crippen molar-refractivity contribution in [2.24, 2.45) is 13.0 Å². The smallest absolute Gasteiger partial charge is 0.324 e. The van der Waals surface area contributed by atoms with Gasteiger partial charge >= 0.3 is 6.18 Å². The molecule has 0 saturated heterocycles. The Morgan fingerprint density at radius 3 is 2.44 bits per heavy atom. The molecule has 4 aromatic rings. The molecule has 1 saturated carbocycles.